The number of rotatable bonds is 5. The lowest BCUT2D eigenvalue weighted by molar-refractivity contribution is -0.0316. The SMILES string of the molecule is CC1CCC(OCC(N)(CO)c2ccccc2)CC1C. The highest BCUT2D eigenvalue weighted by molar-refractivity contribution is 5.24. The molecule has 1 fully saturated rings. The standard InChI is InChI=1S/C17H27NO2/c1-13-8-9-16(10-14(13)2)20-12-17(18,11-19)15-6-4-3-5-7-15/h3-7,13-14,16,19H,8-12,18H2,1-2H3. The summed E-state index contributed by atoms with van der Waals surface area (Å²) in [5, 5.41) is 9.66. The third-order valence-corrected chi connectivity index (χ3v) is 4.76. The number of aliphatic hydroxyl groups is 1. The summed E-state index contributed by atoms with van der Waals surface area (Å²) in [5.74, 6) is 1.48. The highest BCUT2D eigenvalue weighted by Gasteiger charge is 2.30. The summed E-state index contributed by atoms with van der Waals surface area (Å²) in [6, 6.07) is 9.73. The second-order valence-electron chi connectivity index (χ2n) is 6.38. The van der Waals surface area contributed by atoms with E-state index in [2.05, 4.69) is 13.8 Å². The van der Waals surface area contributed by atoms with E-state index in [4.69, 9.17) is 10.5 Å². The molecule has 1 aliphatic rings. The van der Waals surface area contributed by atoms with Crippen molar-refractivity contribution in [2.24, 2.45) is 17.6 Å². The van der Waals surface area contributed by atoms with Crippen molar-refractivity contribution >= 4 is 0 Å². The zero-order valence-corrected chi connectivity index (χ0v) is 12.6. The van der Waals surface area contributed by atoms with Crippen molar-refractivity contribution in [1.82, 2.24) is 0 Å². The fourth-order valence-electron chi connectivity index (χ4n) is 2.91. The van der Waals surface area contributed by atoms with Crippen LogP contribution in [0.1, 0.15) is 38.7 Å². The number of nitrogens with two attached hydrogens (primary N) is 1. The van der Waals surface area contributed by atoms with Gasteiger partial charge in [0.25, 0.3) is 0 Å². The maximum absolute atomic E-state index is 9.66. The zero-order valence-electron chi connectivity index (χ0n) is 12.6. The van der Waals surface area contributed by atoms with Crippen LogP contribution in [-0.2, 0) is 10.3 Å². The van der Waals surface area contributed by atoms with Gasteiger partial charge in [0.2, 0.25) is 0 Å². The van der Waals surface area contributed by atoms with Gasteiger partial charge in [-0.2, -0.15) is 0 Å². The Morgan fingerprint density at radius 3 is 2.50 bits per heavy atom. The van der Waals surface area contributed by atoms with E-state index in [-0.39, 0.29) is 12.7 Å². The molecule has 1 aliphatic carbocycles. The molecule has 0 saturated heterocycles. The second-order valence-corrected chi connectivity index (χ2v) is 6.38. The molecule has 0 amide bonds. The number of benzene rings is 1. The topological polar surface area (TPSA) is 55.5 Å². The van der Waals surface area contributed by atoms with E-state index in [1.54, 1.807) is 0 Å². The molecular formula is C17H27NO2. The Kier molecular flexibility index (Phi) is 5.19. The lowest BCUT2D eigenvalue weighted by Gasteiger charge is -2.35. The molecule has 0 heterocycles. The van der Waals surface area contributed by atoms with Crippen LogP contribution in [0.3, 0.4) is 0 Å². The van der Waals surface area contributed by atoms with Gasteiger partial charge in [-0.3, -0.25) is 0 Å². The highest BCUT2D eigenvalue weighted by Crippen LogP contribution is 2.31. The summed E-state index contributed by atoms with van der Waals surface area (Å²) in [6.07, 6.45) is 3.69. The van der Waals surface area contributed by atoms with E-state index in [0.717, 1.165) is 24.3 Å². The van der Waals surface area contributed by atoms with Crippen LogP contribution in [-0.4, -0.2) is 24.4 Å². The van der Waals surface area contributed by atoms with Crippen molar-refractivity contribution in [3.63, 3.8) is 0 Å². The molecule has 0 spiro atoms. The first-order valence-corrected chi connectivity index (χ1v) is 7.62. The third-order valence-electron chi connectivity index (χ3n) is 4.76. The van der Waals surface area contributed by atoms with E-state index in [1.807, 2.05) is 30.3 Å². The van der Waals surface area contributed by atoms with Crippen LogP contribution in [0.4, 0.5) is 0 Å². The van der Waals surface area contributed by atoms with Crippen LogP contribution < -0.4 is 5.73 Å². The molecule has 3 nitrogen and oxygen atoms in total. The normalized spacial score (nSPS) is 29.9. The van der Waals surface area contributed by atoms with Crippen LogP contribution in [0, 0.1) is 11.8 Å². The highest BCUT2D eigenvalue weighted by atomic mass is 16.5. The monoisotopic (exact) mass is 277 g/mol. The molecule has 4 atom stereocenters. The Labute approximate surface area is 122 Å². The summed E-state index contributed by atoms with van der Waals surface area (Å²) >= 11 is 0. The predicted octanol–water partition coefficient (Wildman–Crippen LogP) is 2.67. The van der Waals surface area contributed by atoms with Gasteiger partial charge in [0.1, 0.15) is 0 Å². The van der Waals surface area contributed by atoms with Gasteiger partial charge in [0.05, 0.1) is 24.9 Å². The van der Waals surface area contributed by atoms with Crippen molar-refractivity contribution in [3.05, 3.63) is 35.9 Å². The summed E-state index contributed by atoms with van der Waals surface area (Å²) in [6.45, 7) is 4.87. The van der Waals surface area contributed by atoms with Crippen molar-refractivity contribution in [2.45, 2.75) is 44.8 Å². The zero-order chi connectivity index (χ0) is 14.6. The van der Waals surface area contributed by atoms with E-state index in [1.165, 1.54) is 6.42 Å². The maximum atomic E-state index is 9.66. The first-order chi connectivity index (χ1) is 9.55. The molecule has 1 aromatic carbocycles. The molecular weight excluding hydrogens is 250 g/mol. The molecule has 0 bridgehead atoms. The van der Waals surface area contributed by atoms with Gasteiger partial charge in [-0.1, -0.05) is 44.2 Å². The molecule has 20 heavy (non-hydrogen) atoms. The molecule has 2 rings (SSSR count). The molecule has 3 N–H and O–H groups in total. The fraction of sp³-hybridized carbons (Fsp3) is 0.647. The van der Waals surface area contributed by atoms with Crippen molar-refractivity contribution in [3.8, 4) is 0 Å². The van der Waals surface area contributed by atoms with Gasteiger partial charge in [-0.25, -0.2) is 0 Å². The lowest BCUT2D eigenvalue weighted by atomic mass is 9.80. The Bertz CT molecular complexity index is 409. The van der Waals surface area contributed by atoms with E-state index < -0.39 is 5.54 Å². The van der Waals surface area contributed by atoms with E-state index in [0.29, 0.717) is 12.5 Å². The summed E-state index contributed by atoms with van der Waals surface area (Å²) in [4.78, 5) is 0. The lowest BCUT2D eigenvalue weighted by Crippen LogP contribution is -2.46. The first-order valence-electron chi connectivity index (χ1n) is 7.62. The number of hydrogen-bond acceptors (Lipinski definition) is 3. The van der Waals surface area contributed by atoms with Gasteiger partial charge in [-0.15, -0.1) is 0 Å². The van der Waals surface area contributed by atoms with Crippen molar-refractivity contribution in [2.75, 3.05) is 13.2 Å². The molecule has 1 saturated carbocycles. The third kappa shape index (κ3) is 3.60. The molecule has 0 aromatic heterocycles. The van der Waals surface area contributed by atoms with E-state index in [9.17, 15) is 5.11 Å². The molecule has 3 heteroatoms. The van der Waals surface area contributed by atoms with Crippen molar-refractivity contribution in [1.29, 1.82) is 0 Å². The number of hydrogen-bond donors (Lipinski definition) is 2. The van der Waals surface area contributed by atoms with Gasteiger partial charge in [0.15, 0.2) is 0 Å². The average Bonchev–Trinajstić information content (AvgIpc) is 2.49. The van der Waals surface area contributed by atoms with Gasteiger partial charge < -0.3 is 15.6 Å². The maximum Gasteiger partial charge on any atom is 0.0881 e. The average molecular weight is 277 g/mol. The Balaban J connectivity index is 1.94. The molecule has 1 aromatic rings. The number of aliphatic hydroxyl groups excluding tert-OH is 1. The van der Waals surface area contributed by atoms with E-state index >= 15 is 0 Å². The molecule has 4 unspecified atom stereocenters. The van der Waals surface area contributed by atoms with Crippen LogP contribution >= 0.6 is 0 Å². The minimum atomic E-state index is -0.798. The Hall–Kier alpha value is -0.900. The quantitative estimate of drug-likeness (QED) is 0.870. The summed E-state index contributed by atoms with van der Waals surface area (Å²) in [5.41, 5.74) is 6.45. The largest absolute Gasteiger partial charge is 0.394 e. The minimum Gasteiger partial charge on any atom is -0.394 e. The second kappa shape index (κ2) is 6.70. The summed E-state index contributed by atoms with van der Waals surface area (Å²) in [7, 11) is 0. The van der Waals surface area contributed by atoms with Crippen molar-refractivity contribution < 1.29 is 9.84 Å². The number of ether oxygens (including phenoxy) is 1. The van der Waals surface area contributed by atoms with Crippen LogP contribution in [0.2, 0.25) is 0 Å². The predicted molar refractivity (Wildman–Crippen MR) is 81.3 cm³/mol. The van der Waals surface area contributed by atoms with Crippen LogP contribution in [0.25, 0.3) is 0 Å². The van der Waals surface area contributed by atoms with Crippen LogP contribution in [0.5, 0.6) is 0 Å². The Morgan fingerprint density at radius 2 is 1.90 bits per heavy atom. The molecule has 112 valence electrons. The van der Waals surface area contributed by atoms with Gasteiger partial charge in [0, 0.05) is 0 Å². The molecule has 0 aliphatic heterocycles. The Morgan fingerprint density at radius 1 is 1.20 bits per heavy atom. The fourth-order valence-corrected chi connectivity index (χ4v) is 2.91. The molecule has 0 radical (unpaired) electrons. The van der Waals surface area contributed by atoms with Gasteiger partial charge >= 0.3 is 0 Å². The smallest absolute Gasteiger partial charge is 0.0881 e. The van der Waals surface area contributed by atoms with Gasteiger partial charge in [-0.05, 0) is 36.7 Å². The minimum absolute atomic E-state index is 0.101. The first kappa shape index (κ1) is 15.5. The summed E-state index contributed by atoms with van der Waals surface area (Å²) < 4.78 is 6.03. The van der Waals surface area contributed by atoms with Crippen LogP contribution in [0.15, 0.2) is 30.3 Å².